The van der Waals surface area contributed by atoms with Crippen molar-refractivity contribution in [3.63, 3.8) is 0 Å². The van der Waals surface area contributed by atoms with Crippen molar-refractivity contribution in [1.29, 1.82) is 0 Å². The second kappa shape index (κ2) is 7.59. The van der Waals surface area contributed by atoms with Gasteiger partial charge in [-0.1, -0.05) is 48.6 Å². The molecule has 110 valence electrons. The van der Waals surface area contributed by atoms with E-state index in [-0.39, 0.29) is 5.69 Å². The molecule has 0 unspecified atom stereocenters. The van der Waals surface area contributed by atoms with Crippen molar-refractivity contribution in [2.24, 2.45) is 0 Å². The van der Waals surface area contributed by atoms with Crippen LogP contribution in [0.25, 0.3) is 12.2 Å². The van der Waals surface area contributed by atoms with Gasteiger partial charge in [0.05, 0.1) is 4.92 Å². The van der Waals surface area contributed by atoms with E-state index in [1.165, 1.54) is 12.1 Å². The fourth-order valence-electron chi connectivity index (χ4n) is 1.78. The van der Waals surface area contributed by atoms with Gasteiger partial charge in [-0.25, -0.2) is 0 Å². The van der Waals surface area contributed by atoms with Gasteiger partial charge in [-0.3, -0.25) is 10.1 Å². The standard InChI is InChI=1S/C18H16N2O2/c19-17-11-7-15(8-12-17)5-3-1-2-4-6-16-9-13-18(14-10-16)20(21)22/h1-14H,19H2/b2-1+,5-3+,6-4+. The van der Waals surface area contributed by atoms with Crippen molar-refractivity contribution in [2.45, 2.75) is 0 Å². The maximum Gasteiger partial charge on any atom is 0.269 e. The summed E-state index contributed by atoms with van der Waals surface area (Å²) < 4.78 is 0. The molecule has 0 aliphatic carbocycles. The van der Waals surface area contributed by atoms with Crippen molar-refractivity contribution in [1.82, 2.24) is 0 Å². The molecule has 4 nitrogen and oxygen atoms in total. The highest BCUT2D eigenvalue weighted by Gasteiger charge is 2.01. The van der Waals surface area contributed by atoms with Gasteiger partial charge in [0, 0.05) is 17.8 Å². The lowest BCUT2D eigenvalue weighted by atomic mass is 10.2. The molecule has 0 saturated carbocycles. The van der Waals surface area contributed by atoms with Crippen LogP contribution in [0.5, 0.6) is 0 Å². The van der Waals surface area contributed by atoms with Crippen molar-refractivity contribution in [2.75, 3.05) is 5.73 Å². The van der Waals surface area contributed by atoms with Crippen LogP contribution in [0.1, 0.15) is 11.1 Å². The largest absolute Gasteiger partial charge is 0.399 e. The summed E-state index contributed by atoms with van der Waals surface area (Å²) in [5, 5.41) is 10.5. The van der Waals surface area contributed by atoms with E-state index in [1.54, 1.807) is 12.1 Å². The van der Waals surface area contributed by atoms with E-state index in [9.17, 15) is 10.1 Å². The normalized spacial score (nSPS) is 11.6. The molecule has 4 heteroatoms. The molecule has 0 aliphatic heterocycles. The minimum absolute atomic E-state index is 0.0964. The number of nitro benzene ring substituents is 1. The van der Waals surface area contributed by atoms with Gasteiger partial charge in [-0.05, 0) is 35.4 Å². The number of rotatable bonds is 5. The summed E-state index contributed by atoms with van der Waals surface area (Å²) in [6.45, 7) is 0. The highest BCUT2D eigenvalue weighted by Crippen LogP contribution is 2.12. The molecule has 22 heavy (non-hydrogen) atoms. The van der Waals surface area contributed by atoms with Crippen LogP contribution in [0.4, 0.5) is 11.4 Å². The maximum absolute atomic E-state index is 10.5. The van der Waals surface area contributed by atoms with E-state index < -0.39 is 4.92 Å². The number of nitrogens with two attached hydrogens (primary N) is 1. The number of nitrogens with zero attached hydrogens (tertiary/aromatic N) is 1. The van der Waals surface area contributed by atoms with Crippen molar-refractivity contribution >= 4 is 23.5 Å². The molecule has 0 radical (unpaired) electrons. The lowest BCUT2D eigenvalue weighted by Gasteiger charge is -1.93. The van der Waals surface area contributed by atoms with Crippen LogP contribution < -0.4 is 5.73 Å². The zero-order chi connectivity index (χ0) is 15.8. The molecule has 2 N–H and O–H groups in total. The number of allylic oxidation sites excluding steroid dienone is 4. The first kappa shape index (κ1) is 15.3. The third-order valence-corrected chi connectivity index (χ3v) is 2.95. The Morgan fingerprint density at radius 2 is 1.23 bits per heavy atom. The molecule has 0 saturated heterocycles. The van der Waals surface area contributed by atoms with Crippen molar-refractivity contribution < 1.29 is 4.92 Å². The van der Waals surface area contributed by atoms with Gasteiger partial charge < -0.3 is 5.73 Å². The van der Waals surface area contributed by atoms with E-state index in [4.69, 9.17) is 5.73 Å². The third kappa shape index (κ3) is 4.76. The molecular formula is C18H16N2O2. The molecule has 0 atom stereocenters. The Labute approximate surface area is 129 Å². The van der Waals surface area contributed by atoms with Crippen LogP contribution in [0, 0.1) is 10.1 Å². The molecule has 2 aromatic carbocycles. The van der Waals surface area contributed by atoms with E-state index in [0.29, 0.717) is 0 Å². The third-order valence-electron chi connectivity index (χ3n) is 2.95. The first-order valence-corrected chi connectivity index (χ1v) is 6.76. The summed E-state index contributed by atoms with van der Waals surface area (Å²) in [6.07, 6.45) is 11.5. The first-order chi connectivity index (χ1) is 10.6. The summed E-state index contributed by atoms with van der Waals surface area (Å²) >= 11 is 0. The van der Waals surface area contributed by atoms with Gasteiger partial charge in [0.15, 0.2) is 0 Å². The first-order valence-electron chi connectivity index (χ1n) is 6.76. The molecule has 0 bridgehead atoms. The lowest BCUT2D eigenvalue weighted by molar-refractivity contribution is -0.384. The predicted octanol–water partition coefficient (Wildman–Crippen LogP) is 4.46. The van der Waals surface area contributed by atoms with Crippen molar-refractivity contribution in [3.8, 4) is 0 Å². The van der Waals surface area contributed by atoms with Crippen LogP contribution in [-0.2, 0) is 0 Å². The Morgan fingerprint density at radius 1 is 0.773 bits per heavy atom. The molecular weight excluding hydrogens is 276 g/mol. The minimum Gasteiger partial charge on any atom is -0.399 e. The second-order valence-corrected chi connectivity index (χ2v) is 4.62. The highest BCUT2D eigenvalue weighted by molar-refractivity contribution is 5.56. The number of non-ortho nitro benzene ring substituents is 1. The molecule has 0 fully saturated rings. The summed E-state index contributed by atoms with van der Waals surface area (Å²) in [4.78, 5) is 10.1. The molecule has 0 amide bonds. The van der Waals surface area contributed by atoms with Crippen LogP contribution in [-0.4, -0.2) is 4.92 Å². The Bertz CT molecular complexity index is 712. The molecule has 0 spiro atoms. The van der Waals surface area contributed by atoms with Crippen LogP contribution in [0.2, 0.25) is 0 Å². The highest BCUT2D eigenvalue weighted by atomic mass is 16.6. The Morgan fingerprint density at radius 3 is 1.68 bits per heavy atom. The number of anilines is 1. The van der Waals surface area contributed by atoms with Crippen LogP contribution in [0.15, 0.2) is 72.8 Å². The zero-order valence-corrected chi connectivity index (χ0v) is 11.9. The smallest absolute Gasteiger partial charge is 0.269 e. The number of hydrogen-bond acceptors (Lipinski definition) is 3. The Kier molecular flexibility index (Phi) is 5.26. The zero-order valence-electron chi connectivity index (χ0n) is 11.9. The molecule has 0 heterocycles. The summed E-state index contributed by atoms with van der Waals surface area (Å²) in [7, 11) is 0. The number of nitro groups is 1. The number of hydrogen-bond donors (Lipinski definition) is 1. The van der Waals surface area contributed by atoms with Gasteiger partial charge in [-0.15, -0.1) is 0 Å². The van der Waals surface area contributed by atoms with Crippen LogP contribution in [0.3, 0.4) is 0 Å². The molecule has 0 aliphatic rings. The second-order valence-electron chi connectivity index (χ2n) is 4.62. The molecule has 0 aromatic heterocycles. The van der Waals surface area contributed by atoms with Crippen molar-refractivity contribution in [3.05, 3.63) is 94.1 Å². The molecule has 2 rings (SSSR count). The summed E-state index contributed by atoms with van der Waals surface area (Å²) in [6, 6.07) is 14.0. The average Bonchev–Trinajstić information content (AvgIpc) is 2.53. The van der Waals surface area contributed by atoms with Gasteiger partial charge >= 0.3 is 0 Å². The minimum atomic E-state index is -0.407. The predicted molar refractivity (Wildman–Crippen MR) is 91.2 cm³/mol. The quantitative estimate of drug-likeness (QED) is 0.383. The van der Waals surface area contributed by atoms with E-state index in [0.717, 1.165) is 16.8 Å². The monoisotopic (exact) mass is 292 g/mol. The lowest BCUT2D eigenvalue weighted by Crippen LogP contribution is -1.86. The molecule has 2 aromatic rings. The Hall–Kier alpha value is -3.14. The fraction of sp³-hybridized carbons (Fsp3) is 0. The van der Waals surface area contributed by atoms with Gasteiger partial charge in [-0.2, -0.15) is 0 Å². The summed E-state index contributed by atoms with van der Waals surface area (Å²) in [5.41, 5.74) is 8.46. The van der Waals surface area contributed by atoms with E-state index in [1.807, 2.05) is 60.7 Å². The fourth-order valence-corrected chi connectivity index (χ4v) is 1.78. The Balaban J connectivity index is 1.88. The van der Waals surface area contributed by atoms with Crippen LogP contribution >= 0.6 is 0 Å². The SMILES string of the molecule is Nc1ccc(/C=C/C=C/C=C/c2ccc([N+](=O)[O-])cc2)cc1. The average molecular weight is 292 g/mol. The van der Waals surface area contributed by atoms with E-state index >= 15 is 0 Å². The summed E-state index contributed by atoms with van der Waals surface area (Å²) in [5.74, 6) is 0. The topological polar surface area (TPSA) is 69.2 Å². The number of nitrogen functional groups attached to an aromatic ring is 1. The van der Waals surface area contributed by atoms with Gasteiger partial charge in [0.1, 0.15) is 0 Å². The van der Waals surface area contributed by atoms with Gasteiger partial charge in [0.25, 0.3) is 5.69 Å². The number of benzene rings is 2. The van der Waals surface area contributed by atoms with E-state index in [2.05, 4.69) is 0 Å². The maximum atomic E-state index is 10.5. The van der Waals surface area contributed by atoms with Gasteiger partial charge in [0.2, 0.25) is 0 Å².